The molecule has 0 unspecified atom stereocenters. The first-order valence-electron chi connectivity index (χ1n) is 10.8. The molecule has 3 aromatic rings. The normalized spacial score (nSPS) is 14.4. The molecule has 1 aliphatic carbocycles. The summed E-state index contributed by atoms with van der Waals surface area (Å²) in [6, 6.07) is 13.1. The van der Waals surface area contributed by atoms with Crippen molar-refractivity contribution in [2.75, 3.05) is 25.1 Å². The van der Waals surface area contributed by atoms with E-state index in [9.17, 15) is 22.9 Å². The van der Waals surface area contributed by atoms with Crippen LogP contribution in [-0.2, 0) is 10.1 Å². The lowest BCUT2D eigenvalue weighted by Gasteiger charge is -2.21. The Kier molecular flexibility index (Phi) is 7.12. The molecule has 13 nitrogen and oxygen atoms in total. The van der Waals surface area contributed by atoms with Gasteiger partial charge in [0.2, 0.25) is 5.78 Å². The molecule has 0 aliphatic heterocycles. The first-order valence-corrected chi connectivity index (χ1v) is 12.2. The molecule has 0 fully saturated rings. The number of hydrazone groups is 1. The van der Waals surface area contributed by atoms with Crippen LogP contribution in [-0.4, -0.2) is 43.8 Å². The Balaban J connectivity index is 1.77. The second kappa shape index (κ2) is 10.3. The van der Waals surface area contributed by atoms with Crippen LogP contribution in [0.4, 0.5) is 22.7 Å². The number of carbonyl (C=O) groups is 1. The van der Waals surface area contributed by atoms with E-state index in [1.165, 1.54) is 56.7 Å². The molecule has 0 heterocycles. The number of nitrogens with zero attached hydrogens (tertiary/aromatic N) is 4. The molecule has 0 amide bonds. The molecule has 4 rings (SSSR count). The Labute approximate surface area is 217 Å². The maximum atomic E-state index is 13.2. The van der Waals surface area contributed by atoms with Crippen molar-refractivity contribution >= 4 is 50.4 Å². The van der Waals surface area contributed by atoms with Crippen LogP contribution in [0.3, 0.4) is 0 Å². The summed E-state index contributed by atoms with van der Waals surface area (Å²) < 4.78 is 44.8. The second-order valence-electron chi connectivity index (χ2n) is 7.86. The van der Waals surface area contributed by atoms with E-state index < -0.39 is 26.5 Å². The zero-order valence-corrected chi connectivity index (χ0v) is 20.9. The van der Waals surface area contributed by atoms with Crippen molar-refractivity contribution in [3.8, 4) is 17.2 Å². The standard InChI is InChI=1S/C24H22N6O7S/c1-36-20-12-19(21(37-2)11-18(20)28-27-15-4-6-16(31)7-5-15)30(26)29-23-22(38(33,34)35)10-13-9-14(25)3-8-17(13)24(23)32/h3-12,31H,25-26H2,1-2H3,(H,33,34,35)/b28-27?,29-23-. The van der Waals surface area contributed by atoms with Gasteiger partial charge in [-0.3, -0.25) is 9.35 Å². The molecule has 6 N–H and O–H groups in total. The summed E-state index contributed by atoms with van der Waals surface area (Å²) in [5.74, 6) is 5.73. The SMILES string of the molecule is COc1cc(N(N)/N=C2\C(=O)c3ccc(N)cc3C=C2S(=O)(=O)O)c(OC)cc1N=Nc1ccc(O)cc1. The summed E-state index contributed by atoms with van der Waals surface area (Å²) in [7, 11) is -2.15. The number of ether oxygens (including phenoxy) is 2. The van der Waals surface area contributed by atoms with Gasteiger partial charge in [0.25, 0.3) is 10.1 Å². The number of hydrogen-bond donors (Lipinski definition) is 4. The van der Waals surface area contributed by atoms with E-state index >= 15 is 0 Å². The number of rotatable bonds is 7. The summed E-state index contributed by atoms with van der Waals surface area (Å²) in [6.45, 7) is 0. The minimum absolute atomic E-state index is 0.0750. The molecule has 3 aromatic carbocycles. The number of ketones is 1. The van der Waals surface area contributed by atoms with Crippen molar-refractivity contribution in [2.45, 2.75) is 0 Å². The predicted octanol–water partition coefficient (Wildman–Crippen LogP) is 3.57. The van der Waals surface area contributed by atoms with Crippen LogP contribution in [0.5, 0.6) is 17.2 Å². The molecule has 0 saturated carbocycles. The van der Waals surface area contributed by atoms with Gasteiger partial charge >= 0.3 is 0 Å². The summed E-state index contributed by atoms with van der Waals surface area (Å²) in [5.41, 5.74) is 6.52. The number of nitrogen functional groups attached to an aromatic ring is 1. The fourth-order valence-corrected chi connectivity index (χ4v) is 4.22. The van der Waals surface area contributed by atoms with E-state index in [-0.39, 0.29) is 39.8 Å². The lowest BCUT2D eigenvalue weighted by Crippen LogP contribution is -2.33. The Hall–Kier alpha value is -4.79. The van der Waals surface area contributed by atoms with E-state index in [4.69, 9.17) is 21.1 Å². The average Bonchev–Trinajstić information content (AvgIpc) is 2.88. The van der Waals surface area contributed by atoms with Gasteiger partial charge in [0, 0.05) is 23.4 Å². The molecule has 0 radical (unpaired) electrons. The molecule has 196 valence electrons. The van der Waals surface area contributed by atoms with E-state index in [1.54, 1.807) is 12.1 Å². The van der Waals surface area contributed by atoms with Gasteiger partial charge in [-0.1, -0.05) is 0 Å². The molecule has 0 spiro atoms. The summed E-state index contributed by atoms with van der Waals surface area (Å²) in [4.78, 5) is 12.4. The van der Waals surface area contributed by atoms with E-state index in [2.05, 4.69) is 15.3 Å². The fourth-order valence-electron chi connectivity index (χ4n) is 3.56. The quantitative estimate of drug-likeness (QED) is 0.113. The predicted molar refractivity (Wildman–Crippen MR) is 141 cm³/mol. The fraction of sp³-hybridized carbons (Fsp3) is 0.0833. The van der Waals surface area contributed by atoms with Crippen LogP contribution in [0.15, 0.2) is 74.8 Å². The number of methoxy groups -OCH3 is 2. The van der Waals surface area contributed by atoms with Crippen molar-refractivity contribution in [3.05, 3.63) is 70.6 Å². The number of carbonyl (C=O) groups excluding carboxylic acids is 1. The Morgan fingerprint density at radius 3 is 2.26 bits per heavy atom. The number of anilines is 2. The largest absolute Gasteiger partial charge is 0.508 e. The summed E-state index contributed by atoms with van der Waals surface area (Å²) >= 11 is 0. The maximum absolute atomic E-state index is 13.2. The molecule has 0 bridgehead atoms. The Bertz CT molecular complexity index is 1620. The Morgan fingerprint density at radius 2 is 1.63 bits per heavy atom. The minimum atomic E-state index is -4.88. The van der Waals surface area contributed by atoms with Crippen molar-refractivity contribution in [3.63, 3.8) is 0 Å². The summed E-state index contributed by atoms with van der Waals surface area (Å²) in [6.07, 6.45) is 1.08. The number of phenols is 1. The lowest BCUT2D eigenvalue weighted by atomic mass is 9.94. The van der Waals surface area contributed by atoms with Gasteiger partial charge in [0.1, 0.15) is 33.5 Å². The van der Waals surface area contributed by atoms with Crippen molar-refractivity contribution in [1.29, 1.82) is 0 Å². The molecule has 38 heavy (non-hydrogen) atoms. The number of fused-ring (bicyclic) bond motifs is 1. The minimum Gasteiger partial charge on any atom is -0.508 e. The molecule has 14 heteroatoms. The molecule has 0 aromatic heterocycles. The van der Waals surface area contributed by atoms with E-state index in [1.807, 2.05) is 0 Å². The van der Waals surface area contributed by atoms with Crippen molar-refractivity contribution in [2.24, 2.45) is 21.2 Å². The number of benzene rings is 3. The van der Waals surface area contributed by atoms with Crippen LogP contribution in [0.2, 0.25) is 0 Å². The number of azo groups is 1. The number of hydrogen-bond acceptors (Lipinski definition) is 12. The topological polar surface area (TPSA) is 202 Å². The van der Waals surface area contributed by atoms with E-state index in [0.29, 0.717) is 11.4 Å². The zero-order chi connectivity index (χ0) is 27.6. The van der Waals surface area contributed by atoms with E-state index in [0.717, 1.165) is 11.2 Å². The number of hydrazine groups is 1. The molecule has 0 atom stereocenters. The highest BCUT2D eigenvalue weighted by Gasteiger charge is 2.33. The van der Waals surface area contributed by atoms with Crippen LogP contribution >= 0.6 is 0 Å². The average molecular weight is 539 g/mol. The van der Waals surface area contributed by atoms with Gasteiger partial charge in [-0.15, -0.1) is 5.11 Å². The van der Waals surface area contributed by atoms with Crippen molar-refractivity contribution in [1.82, 2.24) is 0 Å². The third-order valence-electron chi connectivity index (χ3n) is 5.39. The third-order valence-corrected chi connectivity index (χ3v) is 6.26. The van der Waals surface area contributed by atoms with Gasteiger partial charge in [0.15, 0.2) is 5.71 Å². The number of phenolic OH excluding ortho intramolecular Hbond substituents is 1. The second-order valence-corrected chi connectivity index (χ2v) is 9.25. The number of Topliss-reactive ketones (excluding diaryl/α,β-unsaturated/α-hetero) is 1. The molecular weight excluding hydrogens is 516 g/mol. The molecular formula is C24H22N6O7S. The third kappa shape index (κ3) is 5.31. The lowest BCUT2D eigenvalue weighted by molar-refractivity contribution is 0.106. The van der Waals surface area contributed by atoms with Crippen LogP contribution in [0.25, 0.3) is 6.08 Å². The monoisotopic (exact) mass is 538 g/mol. The number of allylic oxidation sites excluding steroid dienone is 1. The number of nitrogens with two attached hydrogens (primary N) is 2. The zero-order valence-electron chi connectivity index (χ0n) is 20.1. The van der Waals surface area contributed by atoms with Gasteiger partial charge in [0.05, 0.1) is 19.9 Å². The first-order chi connectivity index (χ1) is 18.0. The van der Waals surface area contributed by atoms with Gasteiger partial charge in [-0.05, 0) is 54.1 Å². The highest BCUT2D eigenvalue weighted by Crippen LogP contribution is 2.40. The smallest absolute Gasteiger partial charge is 0.296 e. The highest BCUT2D eigenvalue weighted by atomic mass is 32.2. The number of aromatic hydroxyl groups is 1. The molecule has 1 aliphatic rings. The first kappa shape index (κ1) is 26.3. The van der Waals surface area contributed by atoms with Gasteiger partial charge < -0.3 is 20.3 Å². The highest BCUT2D eigenvalue weighted by molar-refractivity contribution is 7.91. The molecule has 0 saturated heterocycles. The van der Waals surface area contributed by atoms with Crippen LogP contribution in [0.1, 0.15) is 15.9 Å². The van der Waals surface area contributed by atoms with Gasteiger partial charge in [-0.25, -0.2) is 5.84 Å². The van der Waals surface area contributed by atoms with Crippen LogP contribution < -0.4 is 26.2 Å². The maximum Gasteiger partial charge on any atom is 0.296 e. The Morgan fingerprint density at radius 1 is 0.947 bits per heavy atom. The van der Waals surface area contributed by atoms with Gasteiger partial charge in [-0.2, -0.15) is 23.8 Å². The van der Waals surface area contributed by atoms with Crippen molar-refractivity contribution < 1.29 is 32.3 Å². The summed E-state index contributed by atoms with van der Waals surface area (Å²) in [5, 5.41) is 22.4. The van der Waals surface area contributed by atoms with Crippen LogP contribution in [0, 0.1) is 0 Å².